The number of carbonyl (C=O) groups excluding carboxylic acids is 1. The van der Waals surface area contributed by atoms with E-state index in [1.165, 1.54) is 0 Å². The highest BCUT2D eigenvalue weighted by Gasteiger charge is 2.47. The topological polar surface area (TPSA) is 73.9 Å². The van der Waals surface area contributed by atoms with Gasteiger partial charge in [-0.2, -0.15) is 0 Å². The lowest BCUT2D eigenvalue weighted by atomic mass is 9.75. The first-order valence-electron chi connectivity index (χ1n) is 11.0. The standard InChI is InChI=1S/C22H29N5O3/c28-22(25-8-10-29-11-9-25)21-15-26-7-6-17(21)12-19(26)14-27-13-18(23-24-27)16-30-20-4-2-1-3-5-20/h1-5,13,17,19,21H,6-12,14-16H2/p+1/t17-,19-,21+/m1/s1. The molecule has 4 aliphatic heterocycles. The molecule has 4 fully saturated rings. The Morgan fingerprint density at radius 2 is 2.07 bits per heavy atom. The fraction of sp³-hybridized carbons (Fsp3) is 0.591. The molecule has 4 aliphatic rings. The van der Waals surface area contributed by atoms with E-state index in [4.69, 9.17) is 9.47 Å². The molecular formula is C22H30N5O3+. The van der Waals surface area contributed by atoms with Gasteiger partial charge in [-0.15, -0.1) is 5.10 Å². The summed E-state index contributed by atoms with van der Waals surface area (Å²) >= 11 is 0. The number of hydrogen-bond donors (Lipinski definition) is 1. The Balaban J connectivity index is 1.16. The van der Waals surface area contributed by atoms with Crippen LogP contribution in [-0.2, 0) is 22.7 Å². The summed E-state index contributed by atoms with van der Waals surface area (Å²) < 4.78 is 13.1. The summed E-state index contributed by atoms with van der Waals surface area (Å²) in [4.78, 5) is 16.6. The molecule has 6 rings (SSSR count). The van der Waals surface area contributed by atoms with Crippen LogP contribution in [0.25, 0.3) is 0 Å². The Bertz CT molecular complexity index is 851. The monoisotopic (exact) mass is 412 g/mol. The van der Waals surface area contributed by atoms with Crippen molar-refractivity contribution in [2.75, 3.05) is 39.4 Å². The van der Waals surface area contributed by atoms with E-state index < -0.39 is 0 Å². The molecule has 1 N–H and O–H groups in total. The van der Waals surface area contributed by atoms with Gasteiger partial charge in [-0.3, -0.25) is 4.79 Å². The predicted molar refractivity (Wildman–Crippen MR) is 109 cm³/mol. The molecule has 0 aliphatic carbocycles. The van der Waals surface area contributed by atoms with E-state index in [1.807, 2.05) is 46.1 Å². The van der Waals surface area contributed by atoms with Crippen LogP contribution in [0.4, 0.5) is 0 Å². The van der Waals surface area contributed by atoms with Crippen molar-refractivity contribution in [3.8, 4) is 5.75 Å². The van der Waals surface area contributed by atoms with Crippen LogP contribution in [0.5, 0.6) is 5.75 Å². The number of carbonyl (C=O) groups is 1. The van der Waals surface area contributed by atoms with E-state index in [2.05, 4.69) is 10.3 Å². The molecule has 160 valence electrons. The van der Waals surface area contributed by atoms with Crippen molar-refractivity contribution in [1.29, 1.82) is 0 Å². The second-order valence-electron chi connectivity index (χ2n) is 8.67. The highest BCUT2D eigenvalue weighted by atomic mass is 16.5. The van der Waals surface area contributed by atoms with Crippen molar-refractivity contribution in [1.82, 2.24) is 19.9 Å². The largest absolute Gasteiger partial charge is 0.487 e. The van der Waals surface area contributed by atoms with Crippen LogP contribution in [-0.4, -0.2) is 71.2 Å². The first-order valence-corrected chi connectivity index (χ1v) is 11.0. The van der Waals surface area contributed by atoms with E-state index in [0.717, 1.165) is 57.0 Å². The lowest BCUT2D eigenvalue weighted by molar-refractivity contribution is -0.945. The summed E-state index contributed by atoms with van der Waals surface area (Å²) in [5.74, 6) is 1.85. The van der Waals surface area contributed by atoms with E-state index in [-0.39, 0.29) is 5.92 Å². The maximum absolute atomic E-state index is 13.0. The second kappa shape index (κ2) is 8.73. The molecular weight excluding hydrogens is 382 g/mol. The maximum atomic E-state index is 13.0. The third kappa shape index (κ3) is 4.20. The molecule has 8 heteroatoms. The zero-order chi connectivity index (χ0) is 20.3. The van der Waals surface area contributed by atoms with Gasteiger partial charge in [0, 0.05) is 25.9 Å². The minimum absolute atomic E-state index is 0.175. The number of para-hydroxylation sites is 1. The minimum Gasteiger partial charge on any atom is -0.487 e. The molecule has 1 aromatic heterocycles. The molecule has 4 saturated heterocycles. The van der Waals surface area contributed by atoms with E-state index in [1.54, 1.807) is 4.90 Å². The van der Waals surface area contributed by atoms with Gasteiger partial charge < -0.3 is 19.3 Å². The highest BCUT2D eigenvalue weighted by Crippen LogP contribution is 2.29. The Kier molecular flexibility index (Phi) is 5.68. The van der Waals surface area contributed by atoms with Crippen molar-refractivity contribution in [2.24, 2.45) is 11.8 Å². The number of quaternary nitrogens is 1. The predicted octanol–water partition coefficient (Wildman–Crippen LogP) is 0.00920. The zero-order valence-electron chi connectivity index (χ0n) is 17.3. The van der Waals surface area contributed by atoms with Gasteiger partial charge in [-0.1, -0.05) is 23.4 Å². The Morgan fingerprint density at radius 3 is 2.83 bits per heavy atom. The molecule has 0 saturated carbocycles. The van der Waals surface area contributed by atoms with Crippen LogP contribution >= 0.6 is 0 Å². The number of hydrogen-bond acceptors (Lipinski definition) is 5. The lowest BCUT2D eigenvalue weighted by Crippen LogP contribution is -3.20. The van der Waals surface area contributed by atoms with Crippen molar-refractivity contribution < 1.29 is 19.2 Å². The fourth-order valence-corrected chi connectivity index (χ4v) is 5.21. The van der Waals surface area contributed by atoms with Crippen LogP contribution in [0.3, 0.4) is 0 Å². The molecule has 4 atom stereocenters. The van der Waals surface area contributed by atoms with Crippen LogP contribution in [0.2, 0.25) is 0 Å². The average Bonchev–Trinajstić information content (AvgIpc) is 3.26. The van der Waals surface area contributed by atoms with E-state index in [9.17, 15) is 4.79 Å². The third-order valence-electron chi connectivity index (χ3n) is 6.82. The summed E-state index contributed by atoms with van der Waals surface area (Å²) in [5, 5.41) is 8.59. The van der Waals surface area contributed by atoms with Crippen molar-refractivity contribution in [3.05, 3.63) is 42.2 Å². The molecule has 1 unspecified atom stereocenters. The molecule has 2 aromatic rings. The van der Waals surface area contributed by atoms with Crippen molar-refractivity contribution in [3.63, 3.8) is 0 Å². The molecule has 2 bridgehead atoms. The number of rotatable bonds is 6. The zero-order valence-corrected chi connectivity index (χ0v) is 17.3. The van der Waals surface area contributed by atoms with Gasteiger partial charge >= 0.3 is 0 Å². The normalized spacial score (nSPS) is 28.5. The summed E-state index contributed by atoms with van der Waals surface area (Å²) in [6.07, 6.45) is 4.23. The van der Waals surface area contributed by atoms with Crippen molar-refractivity contribution >= 4 is 5.91 Å². The van der Waals surface area contributed by atoms with Crippen LogP contribution < -0.4 is 9.64 Å². The maximum Gasteiger partial charge on any atom is 0.231 e. The number of fused-ring (bicyclic) bond motifs is 3. The molecule has 1 aromatic carbocycles. The average molecular weight is 413 g/mol. The smallest absolute Gasteiger partial charge is 0.231 e. The Morgan fingerprint density at radius 1 is 1.23 bits per heavy atom. The molecule has 1 amide bonds. The number of morpholine rings is 1. The summed E-state index contributed by atoms with van der Waals surface area (Å²) in [6, 6.07) is 10.3. The molecule has 8 nitrogen and oxygen atoms in total. The minimum atomic E-state index is 0.175. The molecule has 30 heavy (non-hydrogen) atoms. The van der Waals surface area contributed by atoms with Crippen molar-refractivity contribution in [2.45, 2.75) is 32.0 Å². The van der Waals surface area contributed by atoms with Crippen LogP contribution in [0, 0.1) is 11.8 Å². The lowest BCUT2D eigenvalue weighted by Gasteiger charge is -2.47. The Hall–Kier alpha value is -2.45. The summed E-state index contributed by atoms with van der Waals surface area (Å²) in [6.45, 7) is 6.20. The fourth-order valence-electron chi connectivity index (χ4n) is 5.21. The van der Waals surface area contributed by atoms with Gasteiger partial charge in [-0.05, 0) is 18.1 Å². The van der Waals surface area contributed by atoms with Gasteiger partial charge in [0.05, 0.1) is 45.0 Å². The van der Waals surface area contributed by atoms with Gasteiger partial charge in [0.25, 0.3) is 0 Å². The number of amides is 1. The first kappa shape index (κ1) is 19.5. The van der Waals surface area contributed by atoms with Crippen LogP contribution in [0.15, 0.2) is 36.5 Å². The number of ether oxygens (including phenoxy) is 2. The second-order valence-corrected chi connectivity index (χ2v) is 8.67. The van der Waals surface area contributed by atoms with Gasteiger partial charge in [-0.25, -0.2) is 4.68 Å². The number of aromatic nitrogens is 3. The van der Waals surface area contributed by atoms with E-state index >= 15 is 0 Å². The van der Waals surface area contributed by atoms with E-state index in [0.29, 0.717) is 37.7 Å². The number of nitrogens with zero attached hydrogens (tertiary/aromatic N) is 4. The molecule has 0 radical (unpaired) electrons. The SMILES string of the molecule is O=C([C@H]1C[NH+]2CC[C@@H]1C[C@@H]2Cn1cc(COc2ccccc2)nn1)N1CCOCC1. The van der Waals surface area contributed by atoms with Gasteiger partial charge in [0.2, 0.25) is 5.91 Å². The first-order chi connectivity index (χ1) is 14.8. The number of benzene rings is 1. The quantitative estimate of drug-likeness (QED) is 0.724. The number of piperidine rings is 3. The van der Waals surface area contributed by atoms with Crippen LogP contribution in [0.1, 0.15) is 18.5 Å². The molecule has 5 heterocycles. The highest BCUT2D eigenvalue weighted by molar-refractivity contribution is 5.79. The summed E-state index contributed by atoms with van der Waals surface area (Å²) in [5.41, 5.74) is 0.838. The van der Waals surface area contributed by atoms with Gasteiger partial charge in [0.15, 0.2) is 0 Å². The van der Waals surface area contributed by atoms with Gasteiger partial charge in [0.1, 0.15) is 24.1 Å². The summed E-state index contributed by atoms with van der Waals surface area (Å²) in [7, 11) is 0. The Labute approximate surface area is 176 Å². The third-order valence-corrected chi connectivity index (χ3v) is 6.82. The number of nitrogens with one attached hydrogen (secondary N) is 1. The molecule has 0 spiro atoms.